The maximum Gasteiger partial charge on any atom is 0.347 e. The van der Waals surface area contributed by atoms with Crippen LogP contribution in [-0.2, 0) is 6.42 Å². The number of halogens is 2. The van der Waals surface area contributed by atoms with Crippen LogP contribution in [0.15, 0.2) is 22.7 Å². The molecule has 1 heterocycles. The van der Waals surface area contributed by atoms with Crippen molar-refractivity contribution in [2.24, 2.45) is 0 Å². The van der Waals surface area contributed by atoms with E-state index >= 15 is 0 Å². The van der Waals surface area contributed by atoms with Crippen molar-refractivity contribution >= 4 is 33.2 Å². The van der Waals surface area contributed by atoms with Crippen molar-refractivity contribution in [3.63, 3.8) is 0 Å². The third-order valence-corrected chi connectivity index (χ3v) is 4.00. The molecule has 1 N–H and O–H groups in total. The van der Waals surface area contributed by atoms with Gasteiger partial charge in [-0.2, -0.15) is 0 Å². The Morgan fingerprint density at radius 2 is 2.28 bits per heavy atom. The van der Waals surface area contributed by atoms with Crippen molar-refractivity contribution in [3.8, 4) is 10.6 Å². The van der Waals surface area contributed by atoms with E-state index in [1.807, 2.05) is 6.92 Å². The number of carbonyl (C=O) groups is 1. The average Bonchev–Trinajstić information content (AvgIpc) is 2.76. The lowest BCUT2D eigenvalue weighted by Gasteiger charge is -1.99. The first-order valence-electron chi connectivity index (χ1n) is 5.21. The highest BCUT2D eigenvalue weighted by Gasteiger charge is 2.18. The summed E-state index contributed by atoms with van der Waals surface area (Å²) in [6.45, 7) is 1.82. The molecule has 0 atom stereocenters. The first kappa shape index (κ1) is 13.2. The third kappa shape index (κ3) is 2.44. The lowest BCUT2D eigenvalue weighted by Crippen LogP contribution is -1.97. The molecular weight excluding hydrogens is 321 g/mol. The Morgan fingerprint density at radius 1 is 1.56 bits per heavy atom. The van der Waals surface area contributed by atoms with Crippen molar-refractivity contribution in [1.29, 1.82) is 0 Å². The van der Waals surface area contributed by atoms with Crippen LogP contribution in [0.3, 0.4) is 0 Å². The van der Waals surface area contributed by atoms with E-state index in [0.717, 1.165) is 15.8 Å². The highest BCUT2D eigenvalue weighted by Crippen LogP contribution is 2.32. The van der Waals surface area contributed by atoms with Crippen LogP contribution in [-0.4, -0.2) is 16.1 Å². The average molecular weight is 330 g/mol. The van der Waals surface area contributed by atoms with E-state index in [4.69, 9.17) is 5.11 Å². The summed E-state index contributed by atoms with van der Waals surface area (Å²) in [4.78, 5) is 15.4. The van der Waals surface area contributed by atoms with E-state index in [-0.39, 0.29) is 4.88 Å². The van der Waals surface area contributed by atoms with Gasteiger partial charge in [-0.15, -0.1) is 11.3 Å². The molecule has 94 valence electrons. The van der Waals surface area contributed by atoms with Crippen LogP contribution in [0.1, 0.15) is 22.3 Å². The van der Waals surface area contributed by atoms with Gasteiger partial charge in [-0.1, -0.05) is 22.9 Å². The molecule has 0 bridgehead atoms. The van der Waals surface area contributed by atoms with Gasteiger partial charge in [-0.05, 0) is 24.6 Å². The predicted molar refractivity (Wildman–Crippen MR) is 71.5 cm³/mol. The summed E-state index contributed by atoms with van der Waals surface area (Å²) in [6.07, 6.45) is 0.508. The summed E-state index contributed by atoms with van der Waals surface area (Å²) in [6, 6.07) is 4.51. The number of hydrogen-bond donors (Lipinski definition) is 1. The molecule has 1 aromatic carbocycles. The van der Waals surface area contributed by atoms with Crippen LogP contribution in [0.25, 0.3) is 10.6 Å². The van der Waals surface area contributed by atoms with Crippen molar-refractivity contribution < 1.29 is 14.3 Å². The molecule has 0 radical (unpaired) electrons. The van der Waals surface area contributed by atoms with Gasteiger partial charge in [-0.25, -0.2) is 14.2 Å². The number of aromatic carboxylic acids is 1. The topological polar surface area (TPSA) is 50.2 Å². The van der Waals surface area contributed by atoms with Gasteiger partial charge < -0.3 is 5.11 Å². The van der Waals surface area contributed by atoms with E-state index in [1.54, 1.807) is 12.1 Å². The second-order valence-electron chi connectivity index (χ2n) is 3.58. The number of thiazole rings is 1. The molecule has 0 fully saturated rings. The second kappa shape index (κ2) is 5.16. The first-order chi connectivity index (χ1) is 8.52. The van der Waals surface area contributed by atoms with Gasteiger partial charge in [0, 0.05) is 10.0 Å². The molecule has 0 aliphatic heterocycles. The van der Waals surface area contributed by atoms with Crippen LogP contribution in [0.2, 0.25) is 0 Å². The van der Waals surface area contributed by atoms with Gasteiger partial charge in [-0.3, -0.25) is 0 Å². The van der Waals surface area contributed by atoms with Crippen molar-refractivity contribution in [2.45, 2.75) is 13.3 Å². The third-order valence-electron chi connectivity index (χ3n) is 2.39. The largest absolute Gasteiger partial charge is 0.477 e. The van der Waals surface area contributed by atoms with Gasteiger partial charge in [0.25, 0.3) is 0 Å². The van der Waals surface area contributed by atoms with E-state index in [1.165, 1.54) is 6.07 Å². The smallest absolute Gasteiger partial charge is 0.347 e. The molecule has 18 heavy (non-hydrogen) atoms. The zero-order valence-electron chi connectivity index (χ0n) is 9.41. The fourth-order valence-electron chi connectivity index (χ4n) is 1.54. The molecule has 0 aliphatic rings. The summed E-state index contributed by atoms with van der Waals surface area (Å²) >= 11 is 4.26. The maximum absolute atomic E-state index is 13.7. The molecule has 6 heteroatoms. The lowest BCUT2D eigenvalue weighted by atomic mass is 10.2. The molecule has 1 aromatic heterocycles. The van der Waals surface area contributed by atoms with Gasteiger partial charge in [0.1, 0.15) is 15.7 Å². The normalized spacial score (nSPS) is 10.6. The Bertz CT molecular complexity index is 612. The number of benzene rings is 1. The molecule has 0 spiro atoms. The quantitative estimate of drug-likeness (QED) is 0.926. The van der Waals surface area contributed by atoms with Gasteiger partial charge in [0.15, 0.2) is 0 Å². The highest BCUT2D eigenvalue weighted by atomic mass is 79.9. The molecule has 2 aromatic rings. The summed E-state index contributed by atoms with van der Waals surface area (Å²) in [5.41, 5.74) is 0.804. The van der Waals surface area contributed by atoms with Crippen LogP contribution < -0.4 is 0 Å². The van der Waals surface area contributed by atoms with E-state index in [0.29, 0.717) is 22.7 Å². The standard InChI is InChI=1S/C12H9BrFNO2S/c1-2-9-10(12(16)17)18-11(15-9)7-5-6(13)3-4-8(7)14/h3-5H,2H2,1H3,(H,16,17). The molecule has 0 saturated heterocycles. The van der Waals surface area contributed by atoms with E-state index < -0.39 is 11.8 Å². The van der Waals surface area contributed by atoms with Crippen LogP contribution in [0.5, 0.6) is 0 Å². The molecule has 2 rings (SSSR count). The molecule has 0 saturated carbocycles. The molecule has 0 unspecified atom stereocenters. The predicted octanol–water partition coefficient (Wildman–Crippen LogP) is 3.97. The van der Waals surface area contributed by atoms with Crippen LogP contribution in [0, 0.1) is 5.82 Å². The zero-order chi connectivity index (χ0) is 13.3. The lowest BCUT2D eigenvalue weighted by molar-refractivity contribution is 0.0701. The fourth-order valence-corrected chi connectivity index (χ4v) is 2.91. The summed E-state index contributed by atoms with van der Waals surface area (Å²) in [5.74, 6) is -1.43. The monoisotopic (exact) mass is 329 g/mol. The van der Waals surface area contributed by atoms with E-state index in [9.17, 15) is 9.18 Å². The Balaban J connectivity index is 2.57. The summed E-state index contributed by atoms with van der Waals surface area (Å²) < 4.78 is 14.4. The van der Waals surface area contributed by atoms with Crippen molar-refractivity contribution in [1.82, 2.24) is 4.98 Å². The first-order valence-corrected chi connectivity index (χ1v) is 6.82. The van der Waals surface area contributed by atoms with Crippen molar-refractivity contribution in [2.75, 3.05) is 0 Å². The minimum Gasteiger partial charge on any atom is -0.477 e. The van der Waals surface area contributed by atoms with Gasteiger partial charge >= 0.3 is 5.97 Å². The van der Waals surface area contributed by atoms with Crippen molar-refractivity contribution in [3.05, 3.63) is 39.1 Å². The molecular formula is C12H9BrFNO2S. The number of rotatable bonds is 3. The SMILES string of the molecule is CCc1nc(-c2cc(Br)ccc2F)sc1C(=O)O. The minimum absolute atomic E-state index is 0.173. The number of nitrogens with zero attached hydrogens (tertiary/aromatic N) is 1. The molecule has 0 amide bonds. The Kier molecular flexibility index (Phi) is 3.77. The van der Waals surface area contributed by atoms with Crippen LogP contribution >= 0.6 is 27.3 Å². The fraction of sp³-hybridized carbons (Fsp3) is 0.167. The Labute approximate surface area is 115 Å². The summed E-state index contributed by atoms with van der Waals surface area (Å²) in [5, 5.41) is 9.44. The number of carboxylic acid groups (broad SMARTS) is 1. The maximum atomic E-state index is 13.7. The Morgan fingerprint density at radius 3 is 2.83 bits per heavy atom. The van der Waals surface area contributed by atoms with E-state index in [2.05, 4.69) is 20.9 Å². The molecule has 3 nitrogen and oxygen atoms in total. The summed E-state index contributed by atoms with van der Waals surface area (Å²) in [7, 11) is 0. The van der Waals surface area contributed by atoms with Gasteiger partial charge in [0.05, 0.1) is 5.69 Å². The van der Waals surface area contributed by atoms with Gasteiger partial charge in [0.2, 0.25) is 0 Å². The second-order valence-corrected chi connectivity index (χ2v) is 5.49. The number of carboxylic acids is 1. The Hall–Kier alpha value is -1.27. The molecule has 0 aliphatic carbocycles. The zero-order valence-corrected chi connectivity index (χ0v) is 11.8. The highest BCUT2D eigenvalue weighted by molar-refractivity contribution is 9.10. The number of hydrogen-bond acceptors (Lipinski definition) is 3. The number of aryl methyl sites for hydroxylation is 1. The number of aromatic nitrogens is 1. The minimum atomic E-state index is -1.02. The van der Waals surface area contributed by atoms with Crippen LogP contribution in [0.4, 0.5) is 4.39 Å².